The smallest absolute Gasteiger partial charge is 0.270 e. The van der Waals surface area contributed by atoms with Crippen LogP contribution in [0.2, 0.25) is 5.02 Å². The van der Waals surface area contributed by atoms with Gasteiger partial charge < -0.3 is 10.2 Å². The second-order valence-electron chi connectivity index (χ2n) is 7.29. The molecular formula is C17H23ClN4O4. The molecule has 2 amide bonds. The molecule has 1 aromatic carbocycles. The predicted octanol–water partition coefficient (Wildman–Crippen LogP) is 1.92. The fourth-order valence-electron chi connectivity index (χ4n) is 2.73. The zero-order valence-corrected chi connectivity index (χ0v) is 15.9. The van der Waals surface area contributed by atoms with Gasteiger partial charge in [-0.05, 0) is 26.8 Å². The summed E-state index contributed by atoms with van der Waals surface area (Å²) < 4.78 is 0. The van der Waals surface area contributed by atoms with E-state index in [4.69, 9.17) is 11.6 Å². The number of benzene rings is 1. The third kappa shape index (κ3) is 5.40. The maximum absolute atomic E-state index is 12.6. The molecule has 1 fully saturated rings. The van der Waals surface area contributed by atoms with Gasteiger partial charge in [-0.1, -0.05) is 11.6 Å². The van der Waals surface area contributed by atoms with E-state index in [1.54, 1.807) is 4.90 Å². The summed E-state index contributed by atoms with van der Waals surface area (Å²) in [6.45, 7) is 8.16. The lowest BCUT2D eigenvalue weighted by molar-refractivity contribution is -0.384. The first-order chi connectivity index (χ1) is 12.1. The summed E-state index contributed by atoms with van der Waals surface area (Å²) in [5.41, 5.74) is -0.181. The SMILES string of the molecule is CC(C)(C)NC(=O)CN1CCN(C(=O)c2ccc([N+](=O)[O-])cc2Cl)CC1. The molecule has 0 unspecified atom stereocenters. The van der Waals surface area contributed by atoms with Crippen LogP contribution in [0.15, 0.2) is 18.2 Å². The summed E-state index contributed by atoms with van der Waals surface area (Å²) >= 11 is 6.03. The van der Waals surface area contributed by atoms with Gasteiger partial charge in [-0.25, -0.2) is 0 Å². The number of nitro benzene ring substituents is 1. The van der Waals surface area contributed by atoms with Crippen LogP contribution in [-0.2, 0) is 4.79 Å². The molecule has 26 heavy (non-hydrogen) atoms. The molecule has 1 aliphatic rings. The maximum atomic E-state index is 12.6. The fraction of sp³-hybridized carbons (Fsp3) is 0.529. The van der Waals surface area contributed by atoms with Crippen molar-refractivity contribution in [2.75, 3.05) is 32.7 Å². The monoisotopic (exact) mass is 382 g/mol. The highest BCUT2D eigenvalue weighted by atomic mass is 35.5. The van der Waals surface area contributed by atoms with E-state index in [1.165, 1.54) is 18.2 Å². The number of piperazine rings is 1. The molecule has 1 saturated heterocycles. The Morgan fingerprint density at radius 3 is 2.35 bits per heavy atom. The van der Waals surface area contributed by atoms with Crippen molar-refractivity contribution in [1.82, 2.24) is 15.1 Å². The van der Waals surface area contributed by atoms with Gasteiger partial charge >= 0.3 is 0 Å². The van der Waals surface area contributed by atoms with Gasteiger partial charge in [0.05, 0.1) is 22.1 Å². The first kappa shape index (κ1) is 20.1. The van der Waals surface area contributed by atoms with E-state index in [0.29, 0.717) is 26.2 Å². The Morgan fingerprint density at radius 2 is 1.85 bits per heavy atom. The number of hydrogen-bond acceptors (Lipinski definition) is 5. The summed E-state index contributed by atoms with van der Waals surface area (Å²) in [6.07, 6.45) is 0. The van der Waals surface area contributed by atoms with Gasteiger partial charge in [0.1, 0.15) is 0 Å². The van der Waals surface area contributed by atoms with E-state index >= 15 is 0 Å². The molecule has 0 spiro atoms. The number of nitro groups is 1. The number of carbonyl (C=O) groups is 2. The number of amides is 2. The predicted molar refractivity (Wildman–Crippen MR) is 98.3 cm³/mol. The van der Waals surface area contributed by atoms with Crippen molar-refractivity contribution in [3.8, 4) is 0 Å². The summed E-state index contributed by atoms with van der Waals surface area (Å²) in [6, 6.07) is 3.83. The van der Waals surface area contributed by atoms with Crippen LogP contribution in [0.3, 0.4) is 0 Å². The topological polar surface area (TPSA) is 95.8 Å². The van der Waals surface area contributed by atoms with Crippen LogP contribution in [0.4, 0.5) is 5.69 Å². The van der Waals surface area contributed by atoms with Gasteiger partial charge in [0.15, 0.2) is 0 Å². The van der Waals surface area contributed by atoms with Crippen LogP contribution in [-0.4, -0.2) is 64.8 Å². The molecular weight excluding hydrogens is 360 g/mol. The molecule has 0 radical (unpaired) electrons. The van der Waals surface area contributed by atoms with Crippen molar-refractivity contribution < 1.29 is 14.5 Å². The Balaban J connectivity index is 1.92. The van der Waals surface area contributed by atoms with Gasteiger partial charge in [-0.3, -0.25) is 24.6 Å². The number of carbonyl (C=O) groups excluding carboxylic acids is 2. The van der Waals surface area contributed by atoms with Crippen molar-refractivity contribution in [3.63, 3.8) is 0 Å². The van der Waals surface area contributed by atoms with Gasteiger partial charge in [0, 0.05) is 43.9 Å². The van der Waals surface area contributed by atoms with Crippen LogP contribution in [0.25, 0.3) is 0 Å². The first-order valence-corrected chi connectivity index (χ1v) is 8.71. The standard InChI is InChI=1S/C17H23ClN4O4/c1-17(2,3)19-15(23)11-20-6-8-21(9-7-20)16(24)13-5-4-12(22(25)26)10-14(13)18/h4-5,10H,6-9,11H2,1-3H3,(H,19,23). The highest BCUT2D eigenvalue weighted by Gasteiger charge is 2.26. The molecule has 1 aromatic rings. The average molecular weight is 383 g/mol. The molecule has 0 aliphatic carbocycles. The highest BCUT2D eigenvalue weighted by molar-refractivity contribution is 6.34. The van der Waals surface area contributed by atoms with Crippen LogP contribution >= 0.6 is 11.6 Å². The average Bonchev–Trinajstić information content (AvgIpc) is 2.53. The Kier molecular flexibility index (Phi) is 6.20. The molecule has 1 aliphatic heterocycles. The van der Waals surface area contributed by atoms with Gasteiger partial charge in [0.25, 0.3) is 11.6 Å². The van der Waals surface area contributed by atoms with Gasteiger partial charge in [-0.2, -0.15) is 0 Å². The zero-order valence-electron chi connectivity index (χ0n) is 15.1. The Labute approximate surface area is 157 Å². The molecule has 1 N–H and O–H groups in total. The van der Waals surface area contributed by atoms with E-state index in [9.17, 15) is 19.7 Å². The molecule has 8 nitrogen and oxygen atoms in total. The van der Waals surface area contributed by atoms with Gasteiger partial charge in [0.2, 0.25) is 5.91 Å². The zero-order chi connectivity index (χ0) is 19.5. The number of non-ortho nitro benzene ring substituents is 1. The second kappa shape index (κ2) is 8.01. The molecule has 0 saturated carbocycles. The van der Waals surface area contributed by atoms with Crippen molar-refractivity contribution in [1.29, 1.82) is 0 Å². The highest BCUT2D eigenvalue weighted by Crippen LogP contribution is 2.24. The minimum absolute atomic E-state index is 0.0457. The molecule has 0 bridgehead atoms. The van der Waals surface area contributed by atoms with E-state index < -0.39 is 4.92 Å². The summed E-state index contributed by atoms with van der Waals surface area (Å²) in [7, 11) is 0. The quantitative estimate of drug-likeness (QED) is 0.634. The van der Waals surface area contributed by atoms with E-state index in [1.807, 2.05) is 25.7 Å². The van der Waals surface area contributed by atoms with Crippen molar-refractivity contribution in [3.05, 3.63) is 38.9 Å². The van der Waals surface area contributed by atoms with E-state index in [0.717, 1.165) is 0 Å². The largest absolute Gasteiger partial charge is 0.350 e. The Morgan fingerprint density at radius 1 is 1.23 bits per heavy atom. The first-order valence-electron chi connectivity index (χ1n) is 8.33. The maximum Gasteiger partial charge on any atom is 0.270 e. The van der Waals surface area contributed by atoms with Crippen molar-refractivity contribution >= 4 is 29.1 Å². The van der Waals surface area contributed by atoms with Crippen LogP contribution in [0, 0.1) is 10.1 Å². The molecule has 9 heteroatoms. The lowest BCUT2D eigenvalue weighted by atomic mass is 10.1. The molecule has 142 valence electrons. The Hall–Kier alpha value is -2.19. The third-order valence-electron chi connectivity index (χ3n) is 3.94. The molecule has 1 heterocycles. The number of nitrogens with one attached hydrogen (secondary N) is 1. The lowest BCUT2D eigenvalue weighted by Gasteiger charge is -2.35. The van der Waals surface area contributed by atoms with Crippen molar-refractivity contribution in [2.45, 2.75) is 26.3 Å². The molecule has 0 aromatic heterocycles. The molecule has 0 atom stereocenters. The van der Waals surface area contributed by atoms with Crippen LogP contribution in [0.1, 0.15) is 31.1 Å². The number of nitrogens with zero attached hydrogens (tertiary/aromatic N) is 3. The number of rotatable bonds is 4. The van der Waals surface area contributed by atoms with E-state index in [-0.39, 0.29) is 40.2 Å². The second-order valence-corrected chi connectivity index (χ2v) is 7.69. The van der Waals surface area contributed by atoms with Crippen molar-refractivity contribution in [2.24, 2.45) is 0 Å². The summed E-state index contributed by atoms with van der Waals surface area (Å²) in [5, 5.41) is 13.7. The van der Waals surface area contributed by atoms with Gasteiger partial charge in [-0.15, -0.1) is 0 Å². The van der Waals surface area contributed by atoms with Crippen LogP contribution < -0.4 is 5.32 Å². The minimum atomic E-state index is -0.554. The summed E-state index contributed by atoms with van der Waals surface area (Å²) in [4.78, 5) is 38.4. The Bertz CT molecular complexity index is 709. The number of halogens is 1. The fourth-order valence-corrected chi connectivity index (χ4v) is 2.99. The lowest BCUT2D eigenvalue weighted by Crippen LogP contribution is -2.52. The minimum Gasteiger partial charge on any atom is -0.350 e. The normalized spacial score (nSPS) is 15.6. The number of hydrogen-bond donors (Lipinski definition) is 1. The summed E-state index contributed by atoms with van der Waals surface area (Å²) in [5.74, 6) is -0.306. The van der Waals surface area contributed by atoms with E-state index in [2.05, 4.69) is 5.32 Å². The molecule has 2 rings (SSSR count). The third-order valence-corrected chi connectivity index (χ3v) is 4.25. The van der Waals surface area contributed by atoms with Crippen LogP contribution in [0.5, 0.6) is 0 Å².